The van der Waals surface area contributed by atoms with Gasteiger partial charge in [0.1, 0.15) is 6.26 Å². The molecule has 1 saturated heterocycles. The number of aromatic nitrogens is 1. The summed E-state index contributed by atoms with van der Waals surface area (Å²) in [6, 6.07) is 9.40. The van der Waals surface area contributed by atoms with Crippen LogP contribution in [0, 0.1) is 0 Å². The molecule has 2 amide bonds. The summed E-state index contributed by atoms with van der Waals surface area (Å²) in [4.78, 5) is 28.1. The maximum atomic E-state index is 12.2. The zero-order chi connectivity index (χ0) is 16.8. The second-order valence-corrected chi connectivity index (χ2v) is 5.78. The van der Waals surface area contributed by atoms with Crippen LogP contribution >= 0.6 is 0 Å². The number of piperazine rings is 1. The first-order valence-corrected chi connectivity index (χ1v) is 7.94. The van der Waals surface area contributed by atoms with Gasteiger partial charge < -0.3 is 14.7 Å². The molecule has 1 aliphatic heterocycles. The Hall–Kier alpha value is -2.67. The molecule has 0 aliphatic carbocycles. The molecule has 24 heavy (non-hydrogen) atoms. The van der Waals surface area contributed by atoms with Gasteiger partial charge in [0.2, 0.25) is 11.8 Å². The number of anilines is 1. The van der Waals surface area contributed by atoms with E-state index in [2.05, 4.69) is 15.4 Å². The summed E-state index contributed by atoms with van der Waals surface area (Å²) in [6.07, 6.45) is 3.35. The molecule has 1 aromatic heterocycles. The number of benzene rings is 1. The van der Waals surface area contributed by atoms with Crippen molar-refractivity contribution in [3.8, 4) is 0 Å². The topological polar surface area (TPSA) is 78.7 Å². The molecule has 0 saturated carbocycles. The van der Waals surface area contributed by atoms with Crippen molar-refractivity contribution in [2.24, 2.45) is 0 Å². The van der Waals surface area contributed by atoms with Crippen LogP contribution in [0.4, 0.5) is 5.69 Å². The monoisotopic (exact) mass is 328 g/mol. The zero-order valence-electron chi connectivity index (χ0n) is 13.4. The van der Waals surface area contributed by atoms with Crippen LogP contribution < -0.4 is 5.32 Å². The van der Waals surface area contributed by atoms with Crippen molar-refractivity contribution < 1.29 is 14.1 Å². The van der Waals surface area contributed by atoms with Gasteiger partial charge in [-0.1, -0.05) is 23.4 Å². The van der Waals surface area contributed by atoms with Crippen molar-refractivity contribution >= 4 is 17.5 Å². The zero-order valence-corrected chi connectivity index (χ0v) is 13.4. The fourth-order valence-corrected chi connectivity index (χ4v) is 2.68. The third kappa shape index (κ3) is 4.42. The molecule has 3 rings (SSSR count). The molecule has 7 heteroatoms. The van der Waals surface area contributed by atoms with Crippen molar-refractivity contribution in [3.05, 3.63) is 48.4 Å². The summed E-state index contributed by atoms with van der Waals surface area (Å²) in [5, 5.41) is 6.48. The molecule has 0 bridgehead atoms. The van der Waals surface area contributed by atoms with E-state index >= 15 is 0 Å². The molecular formula is C17H20N4O3. The fourth-order valence-electron chi connectivity index (χ4n) is 2.68. The van der Waals surface area contributed by atoms with E-state index in [9.17, 15) is 9.59 Å². The molecular weight excluding hydrogens is 308 g/mol. The van der Waals surface area contributed by atoms with Crippen molar-refractivity contribution in [1.82, 2.24) is 15.0 Å². The molecule has 0 unspecified atom stereocenters. The average molecular weight is 328 g/mol. The lowest BCUT2D eigenvalue weighted by Gasteiger charge is -2.34. The lowest BCUT2D eigenvalue weighted by atomic mass is 10.2. The van der Waals surface area contributed by atoms with E-state index in [1.165, 1.54) is 6.26 Å². The van der Waals surface area contributed by atoms with E-state index in [-0.39, 0.29) is 11.8 Å². The highest BCUT2D eigenvalue weighted by Crippen LogP contribution is 2.08. The summed E-state index contributed by atoms with van der Waals surface area (Å²) >= 11 is 0. The first-order valence-electron chi connectivity index (χ1n) is 7.94. The van der Waals surface area contributed by atoms with Gasteiger partial charge in [0.15, 0.2) is 0 Å². The second-order valence-electron chi connectivity index (χ2n) is 5.78. The molecule has 1 aromatic carbocycles. The lowest BCUT2D eigenvalue weighted by Crippen LogP contribution is -2.50. The van der Waals surface area contributed by atoms with Gasteiger partial charge in [-0.05, 0) is 12.1 Å². The van der Waals surface area contributed by atoms with Crippen LogP contribution in [0.25, 0.3) is 0 Å². The van der Waals surface area contributed by atoms with Gasteiger partial charge in [0, 0.05) is 37.4 Å². The smallest absolute Gasteiger partial charge is 0.238 e. The third-order valence-electron chi connectivity index (χ3n) is 3.99. The Labute approximate surface area is 140 Å². The standard InChI is InChI=1S/C17H20N4O3/c22-16(19-15-4-2-1-3-5-15)12-20-6-8-21(9-7-20)17(23)10-14-11-18-24-13-14/h1-5,11,13H,6-10,12H2,(H,19,22). The molecule has 2 aromatic rings. The highest BCUT2D eigenvalue weighted by atomic mass is 16.5. The minimum Gasteiger partial charge on any atom is -0.364 e. The number of carbonyl (C=O) groups is 2. The van der Waals surface area contributed by atoms with Gasteiger partial charge >= 0.3 is 0 Å². The number of rotatable bonds is 5. The van der Waals surface area contributed by atoms with Crippen molar-refractivity contribution in [3.63, 3.8) is 0 Å². The van der Waals surface area contributed by atoms with Gasteiger partial charge in [-0.3, -0.25) is 14.5 Å². The molecule has 0 radical (unpaired) electrons. The molecule has 1 N–H and O–H groups in total. The Morgan fingerprint density at radius 2 is 1.88 bits per heavy atom. The first-order chi connectivity index (χ1) is 11.7. The Morgan fingerprint density at radius 3 is 2.54 bits per heavy atom. The normalized spacial score (nSPS) is 15.2. The van der Waals surface area contributed by atoms with E-state index in [1.54, 1.807) is 6.20 Å². The summed E-state index contributed by atoms with van der Waals surface area (Å²) in [5.74, 6) is 0.0250. The van der Waals surface area contributed by atoms with Crippen molar-refractivity contribution in [1.29, 1.82) is 0 Å². The average Bonchev–Trinajstić information content (AvgIpc) is 3.09. The minimum absolute atomic E-state index is 0.0366. The van der Waals surface area contributed by atoms with E-state index in [0.717, 1.165) is 11.3 Å². The Morgan fingerprint density at radius 1 is 1.12 bits per heavy atom. The number of hydrogen-bond donors (Lipinski definition) is 1. The summed E-state index contributed by atoms with van der Waals surface area (Å²) in [6.45, 7) is 2.98. The Balaban J connectivity index is 1.41. The number of nitrogens with zero attached hydrogens (tertiary/aromatic N) is 3. The molecule has 0 spiro atoms. The number of carbonyl (C=O) groups excluding carboxylic acids is 2. The molecule has 126 valence electrons. The summed E-state index contributed by atoms with van der Waals surface area (Å²) in [5.41, 5.74) is 1.58. The third-order valence-corrected chi connectivity index (χ3v) is 3.99. The van der Waals surface area contributed by atoms with Crippen LogP contribution in [-0.2, 0) is 16.0 Å². The van der Waals surface area contributed by atoms with Crippen LogP contribution in [0.1, 0.15) is 5.56 Å². The number of para-hydroxylation sites is 1. The van der Waals surface area contributed by atoms with Crippen LogP contribution in [0.15, 0.2) is 47.3 Å². The van der Waals surface area contributed by atoms with E-state index in [4.69, 9.17) is 4.52 Å². The van der Waals surface area contributed by atoms with Gasteiger partial charge in [-0.2, -0.15) is 0 Å². The van der Waals surface area contributed by atoms with Gasteiger partial charge in [-0.15, -0.1) is 0 Å². The van der Waals surface area contributed by atoms with Gasteiger partial charge in [0.05, 0.1) is 19.2 Å². The number of amides is 2. The van der Waals surface area contributed by atoms with Crippen LogP contribution in [0.3, 0.4) is 0 Å². The minimum atomic E-state index is -0.0366. The molecule has 1 aliphatic rings. The van der Waals surface area contributed by atoms with Crippen molar-refractivity contribution in [2.75, 3.05) is 38.0 Å². The molecule has 0 atom stereocenters. The molecule has 2 heterocycles. The fraction of sp³-hybridized carbons (Fsp3) is 0.353. The SMILES string of the molecule is O=C(CN1CCN(C(=O)Cc2cnoc2)CC1)Nc1ccccc1. The second kappa shape index (κ2) is 7.74. The highest BCUT2D eigenvalue weighted by Gasteiger charge is 2.22. The molecule has 7 nitrogen and oxygen atoms in total. The summed E-state index contributed by atoms with van der Waals surface area (Å²) < 4.78 is 4.74. The Kier molecular flexibility index (Phi) is 5.22. The quantitative estimate of drug-likeness (QED) is 0.886. The van der Waals surface area contributed by atoms with E-state index in [1.807, 2.05) is 35.2 Å². The van der Waals surface area contributed by atoms with Gasteiger partial charge in [-0.25, -0.2) is 0 Å². The van der Waals surface area contributed by atoms with Crippen molar-refractivity contribution in [2.45, 2.75) is 6.42 Å². The highest BCUT2D eigenvalue weighted by molar-refractivity contribution is 5.92. The van der Waals surface area contributed by atoms with Gasteiger partial charge in [0.25, 0.3) is 0 Å². The van der Waals surface area contributed by atoms with Crippen LogP contribution in [0.5, 0.6) is 0 Å². The predicted molar refractivity (Wildman–Crippen MR) is 88.3 cm³/mol. The number of hydrogen-bond acceptors (Lipinski definition) is 5. The van der Waals surface area contributed by atoms with Crippen LogP contribution in [-0.4, -0.2) is 59.5 Å². The first kappa shape index (κ1) is 16.2. The number of nitrogens with one attached hydrogen (secondary N) is 1. The van der Waals surface area contributed by atoms with E-state index < -0.39 is 0 Å². The van der Waals surface area contributed by atoms with E-state index in [0.29, 0.717) is 39.1 Å². The molecule has 1 fully saturated rings. The predicted octanol–water partition coefficient (Wildman–Crippen LogP) is 1.00. The largest absolute Gasteiger partial charge is 0.364 e. The maximum Gasteiger partial charge on any atom is 0.238 e. The lowest BCUT2D eigenvalue weighted by molar-refractivity contribution is -0.132. The maximum absolute atomic E-state index is 12.2. The summed E-state index contributed by atoms with van der Waals surface area (Å²) in [7, 11) is 0. The van der Waals surface area contributed by atoms with Crippen LogP contribution in [0.2, 0.25) is 0 Å². The Bertz CT molecular complexity index is 664.